The maximum atomic E-state index is 12.8. The number of aromatic nitrogens is 1. The van der Waals surface area contributed by atoms with E-state index in [2.05, 4.69) is 4.98 Å². The summed E-state index contributed by atoms with van der Waals surface area (Å²) in [7, 11) is 1.65. The minimum absolute atomic E-state index is 0.0104. The molecule has 0 spiro atoms. The van der Waals surface area contributed by atoms with E-state index in [1.807, 2.05) is 4.90 Å². The van der Waals surface area contributed by atoms with Crippen LogP contribution in [0.1, 0.15) is 27.2 Å². The molecular weight excluding hydrogens is 341 g/mol. The van der Waals surface area contributed by atoms with Gasteiger partial charge in [0, 0.05) is 25.8 Å². The normalized spacial score (nSPS) is 18.2. The molecule has 8 heteroatoms. The number of hydrogen-bond acceptors (Lipinski definition) is 5. The smallest absolute Gasteiger partial charge is 0.380 e. The molecule has 1 aromatic heterocycles. The lowest BCUT2D eigenvalue weighted by Gasteiger charge is -2.13. The van der Waals surface area contributed by atoms with Crippen LogP contribution in [0.4, 0.5) is 18.3 Å². The average molecular weight is 356 g/mol. The molecule has 1 unspecified atom stereocenters. The van der Waals surface area contributed by atoms with Crippen LogP contribution in [0.2, 0.25) is 0 Å². The van der Waals surface area contributed by atoms with Gasteiger partial charge in [0.15, 0.2) is 5.13 Å². The highest BCUT2D eigenvalue weighted by Gasteiger charge is 2.31. The number of alkyl halides is 3. The van der Waals surface area contributed by atoms with Crippen LogP contribution in [0.15, 0.2) is 30.5 Å². The van der Waals surface area contributed by atoms with Crippen molar-refractivity contribution < 1.29 is 22.7 Å². The third-order valence-corrected chi connectivity index (χ3v) is 4.98. The van der Waals surface area contributed by atoms with Crippen molar-refractivity contribution in [2.24, 2.45) is 0 Å². The van der Waals surface area contributed by atoms with Crippen molar-refractivity contribution >= 4 is 22.3 Å². The molecule has 4 nitrogen and oxygen atoms in total. The molecule has 0 radical (unpaired) electrons. The number of ether oxygens (including phenoxy) is 1. The van der Waals surface area contributed by atoms with Gasteiger partial charge in [-0.25, -0.2) is 4.98 Å². The molecule has 2 aromatic rings. The van der Waals surface area contributed by atoms with Gasteiger partial charge in [0.05, 0.1) is 22.7 Å². The second-order valence-electron chi connectivity index (χ2n) is 5.51. The predicted molar refractivity (Wildman–Crippen MR) is 84.6 cm³/mol. The molecule has 0 bridgehead atoms. The van der Waals surface area contributed by atoms with Gasteiger partial charge >= 0.3 is 6.18 Å². The zero-order valence-corrected chi connectivity index (χ0v) is 13.7. The molecule has 2 heterocycles. The highest BCUT2D eigenvalue weighted by atomic mass is 32.1. The Morgan fingerprint density at radius 1 is 1.42 bits per heavy atom. The monoisotopic (exact) mass is 356 g/mol. The SMILES string of the molecule is COC1CCN(c2ncc(C(=O)c3cccc(C(F)(F)F)c3)s2)C1. The van der Waals surface area contributed by atoms with Crippen molar-refractivity contribution in [2.45, 2.75) is 18.7 Å². The number of thiazole rings is 1. The number of anilines is 1. The fourth-order valence-electron chi connectivity index (χ4n) is 2.59. The first kappa shape index (κ1) is 16.9. The molecule has 3 rings (SSSR count). The Labute approximate surface area is 140 Å². The molecule has 24 heavy (non-hydrogen) atoms. The van der Waals surface area contributed by atoms with Gasteiger partial charge in [0.1, 0.15) is 0 Å². The molecule has 1 saturated heterocycles. The average Bonchev–Trinajstić information content (AvgIpc) is 3.22. The zero-order valence-electron chi connectivity index (χ0n) is 12.8. The number of carbonyl (C=O) groups excluding carboxylic acids is 1. The summed E-state index contributed by atoms with van der Waals surface area (Å²) >= 11 is 1.19. The fourth-order valence-corrected chi connectivity index (χ4v) is 3.50. The van der Waals surface area contributed by atoms with E-state index < -0.39 is 17.5 Å². The summed E-state index contributed by atoms with van der Waals surface area (Å²) in [6, 6.07) is 4.44. The lowest BCUT2D eigenvalue weighted by Crippen LogP contribution is -2.21. The molecule has 0 N–H and O–H groups in total. The van der Waals surface area contributed by atoms with Crippen molar-refractivity contribution in [3.8, 4) is 0 Å². The van der Waals surface area contributed by atoms with Crippen LogP contribution in [0.3, 0.4) is 0 Å². The van der Waals surface area contributed by atoms with Gasteiger partial charge in [-0.3, -0.25) is 4.79 Å². The van der Waals surface area contributed by atoms with E-state index in [1.165, 1.54) is 29.7 Å². The molecule has 128 valence electrons. The van der Waals surface area contributed by atoms with Crippen LogP contribution in [0, 0.1) is 0 Å². The van der Waals surface area contributed by atoms with Gasteiger partial charge in [0.2, 0.25) is 5.78 Å². The fraction of sp³-hybridized carbons (Fsp3) is 0.375. The van der Waals surface area contributed by atoms with E-state index in [0.29, 0.717) is 16.6 Å². The molecule has 0 aliphatic carbocycles. The Bertz CT molecular complexity index is 745. The Morgan fingerprint density at radius 3 is 2.88 bits per heavy atom. The summed E-state index contributed by atoms with van der Waals surface area (Å²) < 4.78 is 43.6. The largest absolute Gasteiger partial charge is 0.416 e. The lowest BCUT2D eigenvalue weighted by atomic mass is 10.1. The third kappa shape index (κ3) is 3.44. The van der Waals surface area contributed by atoms with Crippen molar-refractivity contribution in [1.82, 2.24) is 4.98 Å². The minimum Gasteiger partial charge on any atom is -0.380 e. The Balaban J connectivity index is 1.79. The van der Waals surface area contributed by atoms with Gasteiger partial charge in [-0.1, -0.05) is 23.5 Å². The lowest BCUT2D eigenvalue weighted by molar-refractivity contribution is -0.137. The van der Waals surface area contributed by atoms with Crippen molar-refractivity contribution in [1.29, 1.82) is 0 Å². The molecule has 1 fully saturated rings. The van der Waals surface area contributed by atoms with E-state index in [4.69, 9.17) is 4.74 Å². The number of hydrogen-bond donors (Lipinski definition) is 0. The van der Waals surface area contributed by atoms with Crippen molar-refractivity contribution in [2.75, 3.05) is 25.1 Å². The maximum absolute atomic E-state index is 12.8. The first-order chi connectivity index (χ1) is 11.4. The number of benzene rings is 1. The third-order valence-electron chi connectivity index (χ3n) is 3.92. The highest BCUT2D eigenvalue weighted by molar-refractivity contribution is 7.17. The van der Waals surface area contributed by atoms with Gasteiger partial charge < -0.3 is 9.64 Å². The Kier molecular flexibility index (Phi) is 4.60. The van der Waals surface area contributed by atoms with Crippen LogP contribution in [-0.4, -0.2) is 37.1 Å². The minimum atomic E-state index is -4.47. The molecular formula is C16H15F3N2O2S. The summed E-state index contributed by atoms with van der Waals surface area (Å²) in [5.41, 5.74) is -0.822. The van der Waals surface area contributed by atoms with Crippen LogP contribution in [0.5, 0.6) is 0 Å². The van der Waals surface area contributed by atoms with Crippen LogP contribution >= 0.6 is 11.3 Å². The second kappa shape index (κ2) is 6.52. The number of halogens is 3. The van der Waals surface area contributed by atoms with Crippen molar-refractivity contribution in [3.63, 3.8) is 0 Å². The van der Waals surface area contributed by atoms with E-state index in [9.17, 15) is 18.0 Å². The standard InChI is InChI=1S/C16H15F3N2O2S/c1-23-12-5-6-21(9-12)15-20-8-13(24-15)14(22)10-3-2-4-11(7-10)16(17,18)19/h2-4,7-8,12H,5-6,9H2,1H3. The number of methoxy groups -OCH3 is 1. The Hall–Kier alpha value is -1.93. The topological polar surface area (TPSA) is 42.4 Å². The number of carbonyl (C=O) groups is 1. The van der Waals surface area contributed by atoms with Gasteiger partial charge in [-0.15, -0.1) is 0 Å². The number of rotatable bonds is 4. The molecule has 0 amide bonds. The van der Waals surface area contributed by atoms with Gasteiger partial charge in [-0.05, 0) is 18.6 Å². The number of nitrogens with zero attached hydrogens (tertiary/aromatic N) is 2. The maximum Gasteiger partial charge on any atom is 0.416 e. The first-order valence-corrected chi connectivity index (χ1v) is 8.15. The van der Waals surface area contributed by atoms with Gasteiger partial charge in [0.25, 0.3) is 0 Å². The molecule has 1 aromatic carbocycles. The Morgan fingerprint density at radius 2 is 2.21 bits per heavy atom. The first-order valence-electron chi connectivity index (χ1n) is 7.34. The number of ketones is 1. The highest BCUT2D eigenvalue weighted by Crippen LogP contribution is 2.31. The summed E-state index contributed by atoms with van der Waals surface area (Å²) in [5.74, 6) is -0.452. The molecule has 1 atom stereocenters. The zero-order chi connectivity index (χ0) is 17.3. The quantitative estimate of drug-likeness (QED) is 0.785. The summed E-state index contributed by atoms with van der Waals surface area (Å²) in [6.45, 7) is 1.48. The molecule has 0 saturated carbocycles. The van der Waals surface area contributed by atoms with E-state index in [0.717, 1.165) is 25.1 Å². The van der Waals surface area contributed by atoms with Crippen molar-refractivity contribution in [3.05, 3.63) is 46.5 Å². The van der Waals surface area contributed by atoms with E-state index in [1.54, 1.807) is 7.11 Å². The summed E-state index contributed by atoms with van der Waals surface area (Å²) in [4.78, 5) is 19.0. The molecule has 1 aliphatic heterocycles. The van der Waals surface area contributed by atoms with E-state index >= 15 is 0 Å². The van der Waals surface area contributed by atoms with Crippen LogP contribution in [-0.2, 0) is 10.9 Å². The van der Waals surface area contributed by atoms with Crippen LogP contribution in [0.25, 0.3) is 0 Å². The van der Waals surface area contributed by atoms with E-state index in [-0.39, 0.29) is 11.7 Å². The summed E-state index contributed by atoms with van der Waals surface area (Å²) in [6.07, 6.45) is -2.04. The van der Waals surface area contributed by atoms with Gasteiger partial charge in [-0.2, -0.15) is 13.2 Å². The molecule has 1 aliphatic rings. The van der Waals surface area contributed by atoms with Crippen LogP contribution < -0.4 is 4.90 Å². The second-order valence-corrected chi connectivity index (χ2v) is 6.52. The predicted octanol–water partition coefficient (Wildman–Crippen LogP) is 3.62. The summed E-state index contributed by atoms with van der Waals surface area (Å²) in [5, 5.41) is 0.685.